The molecule has 2 nitrogen and oxygen atoms in total. The van der Waals surface area contributed by atoms with Crippen LogP contribution in [-0.4, -0.2) is 5.84 Å². The number of aliphatic imine (C=N–C) groups is 1. The number of rotatable bonds is 2. The number of hydrogen-bond donors (Lipinski definition) is 1. The summed E-state index contributed by atoms with van der Waals surface area (Å²) in [6.45, 7) is 4.04. The molecule has 0 aliphatic heterocycles. The number of amidine groups is 1. The molecule has 0 heterocycles. The van der Waals surface area contributed by atoms with Crippen LogP contribution >= 0.6 is 0 Å². The number of para-hydroxylation sites is 1. The number of benzene rings is 2. The fraction of sp³-hybridized carbons (Fsp3) is 0.133. The Morgan fingerprint density at radius 2 is 1.59 bits per heavy atom. The van der Waals surface area contributed by atoms with Crippen LogP contribution in [0.2, 0.25) is 0 Å². The van der Waals surface area contributed by atoms with Crippen molar-refractivity contribution in [1.82, 2.24) is 0 Å². The van der Waals surface area contributed by atoms with Gasteiger partial charge in [0.25, 0.3) is 0 Å². The molecule has 2 heteroatoms. The topological polar surface area (TPSA) is 24.4 Å². The molecule has 0 saturated heterocycles. The first-order valence-electron chi connectivity index (χ1n) is 5.68. The van der Waals surface area contributed by atoms with E-state index in [1.165, 1.54) is 5.56 Å². The predicted octanol–water partition coefficient (Wildman–Crippen LogP) is 4.16. The molecule has 86 valence electrons. The fourth-order valence-electron chi connectivity index (χ4n) is 1.57. The molecule has 0 amide bonds. The van der Waals surface area contributed by atoms with Gasteiger partial charge in [-0.15, -0.1) is 0 Å². The molecular formula is C15H16N2. The van der Waals surface area contributed by atoms with Crippen LogP contribution in [0.1, 0.15) is 12.5 Å². The summed E-state index contributed by atoms with van der Waals surface area (Å²) in [5.74, 6) is 0.889. The lowest BCUT2D eigenvalue weighted by atomic mass is 10.2. The second-order valence-electron chi connectivity index (χ2n) is 4.02. The van der Waals surface area contributed by atoms with Crippen molar-refractivity contribution in [3.63, 3.8) is 0 Å². The standard InChI is InChI=1S/C15H16N2/c1-12-8-10-15(11-9-12)17-13(2)16-14-6-4-3-5-7-14/h3-11H,1-2H3,(H,16,17). The zero-order chi connectivity index (χ0) is 12.1. The number of anilines is 1. The average molecular weight is 224 g/mol. The van der Waals surface area contributed by atoms with E-state index in [2.05, 4.69) is 29.4 Å². The highest BCUT2D eigenvalue weighted by atomic mass is 15.0. The van der Waals surface area contributed by atoms with Crippen molar-refractivity contribution in [2.45, 2.75) is 13.8 Å². The van der Waals surface area contributed by atoms with Gasteiger partial charge < -0.3 is 5.32 Å². The summed E-state index contributed by atoms with van der Waals surface area (Å²) in [6.07, 6.45) is 0. The summed E-state index contributed by atoms with van der Waals surface area (Å²) in [4.78, 5) is 4.50. The molecule has 2 aromatic carbocycles. The molecule has 0 aliphatic rings. The summed E-state index contributed by atoms with van der Waals surface area (Å²) in [6, 6.07) is 18.2. The molecule has 17 heavy (non-hydrogen) atoms. The van der Waals surface area contributed by atoms with Gasteiger partial charge >= 0.3 is 0 Å². The highest BCUT2D eigenvalue weighted by Gasteiger charge is 1.94. The third kappa shape index (κ3) is 3.45. The van der Waals surface area contributed by atoms with E-state index in [1.54, 1.807) is 0 Å². The molecule has 0 bridgehead atoms. The van der Waals surface area contributed by atoms with Crippen LogP contribution < -0.4 is 5.32 Å². The van der Waals surface area contributed by atoms with E-state index in [1.807, 2.05) is 49.4 Å². The summed E-state index contributed by atoms with van der Waals surface area (Å²) >= 11 is 0. The minimum Gasteiger partial charge on any atom is -0.344 e. The lowest BCUT2D eigenvalue weighted by Crippen LogP contribution is -2.06. The largest absolute Gasteiger partial charge is 0.344 e. The lowest BCUT2D eigenvalue weighted by Gasteiger charge is -2.05. The van der Waals surface area contributed by atoms with E-state index >= 15 is 0 Å². The van der Waals surface area contributed by atoms with Gasteiger partial charge in [0.1, 0.15) is 5.84 Å². The first-order chi connectivity index (χ1) is 8.24. The molecule has 0 unspecified atom stereocenters. The van der Waals surface area contributed by atoms with E-state index in [9.17, 15) is 0 Å². The van der Waals surface area contributed by atoms with Gasteiger partial charge in [0, 0.05) is 5.69 Å². The molecule has 0 fully saturated rings. The average Bonchev–Trinajstić information content (AvgIpc) is 2.33. The zero-order valence-electron chi connectivity index (χ0n) is 10.1. The van der Waals surface area contributed by atoms with Gasteiger partial charge in [-0.1, -0.05) is 35.9 Å². The van der Waals surface area contributed by atoms with Crippen LogP contribution in [0.4, 0.5) is 11.4 Å². The first-order valence-corrected chi connectivity index (χ1v) is 5.68. The van der Waals surface area contributed by atoms with Crippen molar-refractivity contribution in [2.75, 3.05) is 5.32 Å². The van der Waals surface area contributed by atoms with Gasteiger partial charge in [-0.3, -0.25) is 0 Å². The van der Waals surface area contributed by atoms with Crippen LogP contribution in [0.25, 0.3) is 0 Å². The predicted molar refractivity (Wildman–Crippen MR) is 74.0 cm³/mol. The van der Waals surface area contributed by atoms with Gasteiger partial charge in [-0.2, -0.15) is 0 Å². The molecule has 2 rings (SSSR count). The SMILES string of the molecule is CC(=Nc1ccc(C)cc1)Nc1ccccc1. The molecule has 0 spiro atoms. The molecule has 0 aliphatic carbocycles. The first kappa shape index (κ1) is 11.4. The van der Waals surface area contributed by atoms with Crippen LogP contribution in [0.15, 0.2) is 59.6 Å². The number of nitrogens with one attached hydrogen (secondary N) is 1. The monoisotopic (exact) mass is 224 g/mol. The third-order valence-electron chi connectivity index (χ3n) is 2.43. The Morgan fingerprint density at radius 1 is 0.941 bits per heavy atom. The lowest BCUT2D eigenvalue weighted by molar-refractivity contribution is 1.42. The number of aryl methyl sites for hydroxylation is 1. The second kappa shape index (κ2) is 5.30. The fourth-order valence-corrected chi connectivity index (χ4v) is 1.57. The summed E-state index contributed by atoms with van der Waals surface area (Å²) in [5.41, 5.74) is 3.27. The van der Waals surface area contributed by atoms with E-state index in [-0.39, 0.29) is 0 Å². The Morgan fingerprint density at radius 3 is 2.24 bits per heavy atom. The Bertz CT molecular complexity index is 498. The molecule has 0 radical (unpaired) electrons. The highest BCUT2D eigenvalue weighted by Crippen LogP contribution is 2.13. The van der Waals surface area contributed by atoms with Crippen molar-refractivity contribution < 1.29 is 0 Å². The Balaban J connectivity index is 2.09. The molecule has 2 aromatic rings. The van der Waals surface area contributed by atoms with Crippen molar-refractivity contribution in [2.24, 2.45) is 4.99 Å². The minimum atomic E-state index is 0.889. The van der Waals surface area contributed by atoms with E-state index in [0.717, 1.165) is 17.2 Å². The van der Waals surface area contributed by atoms with Crippen LogP contribution in [0.3, 0.4) is 0 Å². The Labute approximate surface area is 102 Å². The maximum atomic E-state index is 4.50. The summed E-state index contributed by atoms with van der Waals surface area (Å²) in [5, 5.41) is 3.25. The van der Waals surface area contributed by atoms with Crippen molar-refractivity contribution in [3.05, 3.63) is 60.2 Å². The van der Waals surface area contributed by atoms with E-state index in [0.29, 0.717) is 0 Å². The number of hydrogen-bond acceptors (Lipinski definition) is 1. The van der Waals surface area contributed by atoms with Gasteiger partial charge in [0.15, 0.2) is 0 Å². The van der Waals surface area contributed by atoms with Gasteiger partial charge in [-0.05, 0) is 38.1 Å². The van der Waals surface area contributed by atoms with E-state index < -0.39 is 0 Å². The van der Waals surface area contributed by atoms with E-state index in [4.69, 9.17) is 0 Å². The van der Waals surface area contributed by atoms with Gasteiger partial charge in [0.2, 0.25) is 0 Å². The quantitative estimate of drug-likeness (QED) is 0.601. The molecule has 1 N–H and O–H groups in total. The smallest absolute Gasteiger partial charge is 0.103 e. The summed E-state index contributed by atoms with van der Waals surface area (Å²) < 4.78 is 0. The second-order valence-corrected chi connectivity index (χ2v) is 4.02. The van der Waals surface area contributed by atoms with Gasteiger partial charge in [0.05, 0.1) is 5.69 Å². The zero-order valence-corrected chi connectivity index (χ0v) is 10.1. The molecule has 0 aromatic heterocycles. The Kier molecular flexibility index (Phi) is 3.55. The van der Waals surface area contributed by atoms with Gasteiger partial charge in [-0.25, -0.2) is 4.99 Å². The third-order valence-corrected chi connectivity index (χ3v) is 2.43. The summed E-state index contributed by atoms with van der Waals surface area (Å²) in [7, 11) is 0. The van der Waals surface area contributed by atoms with Crippen LogP contribution in [0, 0.1) is 6.92 Å². The highest BCUT2D eigenvalue weighted by molar-refractivity contribution is 5.95. The van der Waals surface area contributed by atoms with Crippen molar-refractivity contribution in [1.29, 1.82) is 0 Å². The minimum absolute atomic E-state index is 0.889. The van der Waals surface area contributed by atoms with Crippen LogP contribution in [0.5, 0.6) is 0 Å². The van der Waals surface area contributed by atoms with Crippen molar-refractivity contribution in [3.8, 4) is 0 Å². The molecular weight excluding hydrogens is 208 g/mol. The van der Waals surface area contributed by atoms with Crippen LogP contribution in [-0.2, 0) is 0 Å². The number of nitrogens with zero attached hydrogens (tertiary/aromatic N) is 1. The maximum absolute atomic E-state index is 4.50. The molecule has 0 atom stereocenters. The van der Waals surface area contributed by atoms with Crippen molar-refractivity contribution >= 4 is 17.2 Å². The molecule has 0 saturated carbocycles. The Hall–Kier alpha value is -2.09. The maximum Gasteiger partial charge on any atom is 0.103 e. The normalized spacial score (nSPS) is 11.3.